The van der Waals surface area contributed by atoms with Crippen LogP contribution >= 0.6 is 0 Å². The number of rotatable bonds is 4. The summed E-state index contributed by atoms with van der Waals surface area (Å²) in [7, 11) is 0. The van der Waals surface area contributed by atoms with Gasteiger partial charge in [0.15, 0.2) is 0 Å². The molecule has 1 aliphatic heterocycles. The quantitative estimate of drug-likeness (QED) is 0.910. The first-order valence-electron chi connectivity index (χ1n) is 7.24. The van der Waals surface area contributed by atoms with Crippen LogP contribution in [0.4, 0.5) is 0 Å². The van der Waals surface area contributed by atoms with Gasteiger partial charge in [0.2, 0.25) is 5.91 Å². The molecule has 1 saturated heterocycles. The number of morpholine rings is 1. The van der Waals surface area contributed by atoms with Crippen molar-refractivity contribution in [3.8, 4) is 6.07 Å². The third-order valence-corrected chi connectivity index (χ3v) is 3.71. The van der Waals surface area contributed by atoms with Crippen molar-refractivity contribution in [1.29, 1.82) is 5.26 Å². The standard InChI is InChI=1S/C16H21N3O2/c1-12(15-5-3-4-14(10-15)11-17)18-13(2)16(20)19-6-8-21-9-7-19/h3-5,10,12-13,18H,6-9H2,1-2H3. The molecule has 1 N–H and O–H groups in total. The zero-order valence-electron chi connectivity index (χ0n) is 12.5. The van der Waals surface area contributed by atoms with Gasteiger partial charge in [-0.15, -0.1) is 0 Å². The van der Waals surface area contributed by atoms with E-state index in [1.54, 1.807) is 6.07 Å². The van der Waals surface area contributed by atoms with E-state index in [2.05, 4.69) is 11.4 Å². The Morgan fingerprint density at radius 3 is 2.76 bits per heavy atom. The van der Waals surface area contributed by atoms with Crippen LogP contribution in [0, 0.1) is 11.3 Å². The highest BCUT2D eigenvalue weighted by Gasteiger charge is 2.23. The topological polar surface area (TPSA) is 65.4 Å². The lowest BCUT2D eigenvalue weighted by molar-refractivity contribution is -0.137. The summed E-state index contributed by atoms with van der Waals surface area (Å²) in [6.45, 7) is 6.41. The number of nitrogens with one attached hydrogen (secondary N) is 1. The molecule has 0 spiro atoms. The van der Waals surface area contributed by atoms with Crippen molar-refractivity contribution in [2.24, 2.45) is 0 Å². The molecule has 0 aromatic heterocycles. The van der Waals surface area contributed by atoms with Crippen LogP contribution in [0.3, 0.4) is 0 Å². The number of benzene rings is 1. The van der Waals surface area contributed by atoms with Crippen molar-refractivity contribution in [2.45, 2.75) is 25.9 Å². The number of nitrogens with zero attached hydrogens (tertiary/aromatic N) is 2. The largest absolute Gasteiger partial charge is 0.378 e. The summed E-state index contributed by atoms with van der Waals surface area (Å²) >= 11 is 0. The molecule has 0 bridgehead atoms. The summed E-state index contributed by atoms with van der Waals surface area (Å²) in [5.41, 5.74) is 1.64. The van der Waals surface area contributed by atoms with E-state index in [9.17, 15) is 4.79 Å². The summed E-state index contributed by atoms with van der Waals surface area (Å²) in [5, 5.41) is 12.2. The fourth-order valence-electron chi connectivity index (χ4n) is 2.48. The monoisotopic (exact) mass is 287 g/mol. The smallest absolute Gasteiger partial charge is 0.239 e. The fraction of sp³-hybridized carbons (Fsp3) is 0.500. The predicted octanol–water partition coefficient (Wildman–Crippen LogP) is 1.46. The van der Waals surface area contributed by atoms with Gasteiger partial charge in [0.25, 0.3) is 0 Å². The van der Waals surface area contributed by atoms with Crippen molar-refractivity contribution < 1.29 is 9.53 Å². The van der Waals surface area contributed by atoms with Crippen molar-refractivity contribution in [1.82, 2.24) is 10.2 Å². The fourth-order valence-corrected chi connectivity index (χ4v) is 2.48. The number of carbonyl (C=O) groups is 1. The molecule has 0 radical (unpaired) electrons. The van der Waals surface area contributed by atoms with E-state index in [0.717, 1.165) is 5.56 Å². The second kappa shape index (κ2) is 7.21. The van der Waals surface area contributed by atoms with Crippen LogP contribution in [0.15, 0.2) is 24.3 Å². The van der Waals surface area contributed by atoms with Crippen LogP contribution < -0.4 is 5.32 Å². The van der Waals surface area contributed by atoms with Gasteiger partial charge in [-0.1, -0.05) is 12.1 Å². The molecular weight excluding hydrogens is 266 g/mol. The van der Waals surface area contributed by atoms with Crippen LogP contribution in [-0.4, -0.2) is 43.2 Å². The summed E-state index contributed by atoms with van der Waals surface area (Å²) in [6, 6.07) is 9.34. The molecule has 2 atom stereocenters. The molecule has 1 amide bonds. The third-order valence-electron chi connectivity index (χ3n) is 3.71. The minimum absolute atomic E-state index is 0.0123. The minimum Gasteiger partial charge on any atom is -0.378 e. The predicted molar refractivity (Wildman–Crippen MR) is 79.6 cm³/mol. The number of ether oxygens (including phenoxy) is 1. The van der Waals surface area contributed by atoms with E-state index in [0.29, 0.717) is 31.9 Å². The molecule has 1 fully saturated rings. The zero-order chi connectivity index (χ0) is 15.2. The molecule has 2 rings (SSSR count). The number of nitriles is 1. The van der Waals surface area contributed by atoms with Gasteiger partial charge in [-0.2, -0.15) is 5.26 Å². The van der Waals surface area contributed by atoms with E-state index in [4.69, 9.17) is 10.00 Å². The molecule has 5 nitrogen and oxygen atoms in total. The zero-order valence-corrected chi connectivity index (χ0v) is 12.5. The molecule has 1 heterocycles. The second-order valence-corrected chi connectivity index (χ2v) is 5.28. The van der Waals surface area contributed by atoms with Crippen LogP contribution in [0.5, 0.6) is 0 Å². The number of hydrogen-bond donors (Lipinski definition) is 1. The average molecular weight is 287 g/mol. The Morgan fingerprint density at radius 2 is 2.10 bits per heavy atom. The first-order chi connectivity index (χ1) is 10.1. The molecule has 1 aromatic carbocycles. The van der Waals surface area contributed by atoms with E-state index in [1.807, 2.05) is 36.9 Å². The van der Waals surface area contributed by atoms with Gasteiger partial charge in [0, 0.05) is 19.1 Å². The lowest BCUT2D eigenvalue weighted by Crippen LogP contribution is -2.49. The summed E-state index contributed by atoms with van der Waals surface area (Å²) in [6.07, 6.45) is 0. The Hall–Kier alpha value is -1.90. The Bertz CT molecular complexity index is 533. The van der Waals surface area contributed by atoms with Crippen molar-refractivity contribution >= 4 is 5.91 Å². The Kier molecular flexibility index (Phi) is 5.32. The number of hydrogen-bond acceptors (Lipinski definition) is 4. The average Bonchev–Trinajstić information content (AvgIpc) is 2.54. The van der Waals surface area contributed by atoms with Crippen molar-refractivity contribution in [3.63, 3.8) is 0 Å². The Labute approximate surface area is 125 Å². The molecule has 112 valence electrons. The van der Waals surface area contributed by atoms with Gasteiger partial charge in [0.05, 0.1) is 30.9 Å². The Balaban J connectivity index is 1.96. The van der Waals surface area contributed by atoms with Crippen molar-refractivity contribution in [2.75, 3.05) is 26.3 Å². The van der Waals surface area contributed by atoms with Crippen LogP contribution in [-0.2, 0) is 9.53 Å². The molecular formula is C16H21N3O2. The molecule has 1 aromatic rings. The van der Waals surface area contributed by atoms with E-state index in [1.165, 1.54) is 0 Å². The van der Waals surface area contributed by atoms with Gasteiger partial charge in [-0.3, -0.25) is 10.1 Å². The lowest BCUT2D eigenvalue weighted by Gasteiger charge is -2.30. The minimum atomic E-state index is -0.260. The van der Waals surface area contributed by atoms with Gasteiger partial charge in [-0.25, -0.2) is 0 Å². The highest BCUT2D eigenvalue weighted by atomic mass is 16.5. The van der Waals surface area contributed by atoms with E-state index in [-0.39, 0.29) is 18.0 Å². The molecule has 0 saturated carbocycles. The first kappa shape index (κ1) is 15.5. The third kappa shape index (κ3) is 4.03. The molecule has 0 aliphatic carbocycles. The maximum Gasteiger partial charge on any atom is 0.239 e. The lowest BCUT2D eigenvalue weighted by atomic mass is 10.0. The van der Waals surface area contributed by atoms with Crippen LogP contribution in [0.1, 0.15) is 31.0 Å². The summed E-state index contributed by atoms with van der Waals surface area (Å²) in [4.78, 5) is 14.2. The summed E-state index contributed by atoms with van der Waals surface area (Å²) in [5.74, 6) is 0.0987. The number of carbonyl (C=O) groups excluding carboxylic acids is 1. The van der Waals surface area contributed by atoms with E-state index >= 15 is 0 Å². The maximum absolute atomic E-state index is 12.3. The maximum atomic E-state index is 12.3. The highest BCUT2D eigenvalue weighted by Crippen LogP contribution is 2.15. The number of amides is 1. The van der Waals surface area contributed by atoms with Crippen molar-refractivity contribution in [3.05, 3.63) is 35.4 Å². The molecule has 5 heteroatoms. The molecule has 1 aliphatic rings. The molecule has 2 unspecified atom stereocenters. The molecule has 21 heavy (non-hydrogen) atoms. The normalized spacial score (nSPS) is 17.9. The van der Waals surface area contributed by atoms with Gasteiger partial charge >= 0.3 is 0 Å². The highest BCUT2D eigenvalue weighted by molar-refractivity contribution is 5.81. The van der Waals surface area contributed by atoms with Gasteiger partial charge < -0.3 is 9.64 Å². The van der Waals surface area contributed by atoms with Gasteiger partial charge in [-0.05, 0) is 31.5 Å². The SMILES string of the molecule is CC(NC(C)c1cccc(C#N)c1)C(=O)N1CCOCC1. The first-order valence-corrected chi connectivity index (χ1v) is 7.24. The van der Waals surface area contributed by atoms with Crippen LogP contribution in [0.2, 0.25) is 0 Å². The van der Waals surface area contributed by atoms with E-state index < -0.39 is 0 Å². The van der Waals surface area contributed by atoms with Crippen LogP contribution in [0.25, 0.3) is 0 Å². The Morgan fingerprint density at radius 1 is 1.38 bits per heavy atom. The second-order valence-electron chi connectivity index (χ2n) is 5.28. The summed E-state index contributed by atoms with van der Waals surface area (Å²) < 4.78 is 5.26. The van der Waals surface area contributed by atoms with Gasteiger partial charge in [0.1, 0.15) is 0 Å².